The number of carbonyl (C=O) groups is 1. The van der Waals surface area contributed by atoms with Crippen LogP contribution < -0.4 is 0 Å². The summed E-state index contributed by atoms with van der Waals surface area (Å²) >= 11 is 6.24. The van der Waals surface area contributed by atoms with E-state index in [2.05, 4.69) is 24.3 Å². The molecule has 0 bridgehead atoms. The predicted molar refractivity (Wildman–Crippen MR) is 86.9 cm³/mol. The summed E-state index contributed by atoms with van der Waals surface area (Å²) in [7, 11) is 0. The van der Waals surface area contributed by atoms with E-state index in [0.717, 1.165) is 30.4 Å². The number of carbonyl (C=O) groups excluding carboxylic acids is 1. The number of Topliss-reactive ketones (excluding diaryl/α,β-unsaturated/α-hetero) is 1. The van der Waals surface area contributed by atoms with Gasteiger partial charge in [-0.3, -0.25) is 4.79 Å². The van der Waals surface area contributed by atoms with Gasteiger partial charge in [0.25, 0.3) is 0 Å². The first-order valence-electron chi connectivity index (χ1n) is 7.48. The molecule has 108 valence electrons. The van der Waals surface area contributed by atoms with E-state index in [-0.39, 0.29) is 5.92 Å². The molecule has 21 heavy (non-hydrogen) atoms. The highest BCUT2D eigenvalue weighted by Crippen LogP contribution is 2.28. The van der Waals surface area contributed by atoms with Crippen molar-refractivity contribution in [1.29, 1.82) is 0 Å². The van der Waals surface area contributed by atoms with Crippen molar-refractivity contribution in [3.8, 4) is 0 Å². The van der Waals surface area contributed by atoms with Gasteiger partial charge in [-0.2, -0.15) is 0 Å². The molecule has 1 unspecified atom stereocenters. The van der Waals surface area contributed by atoms with Crippen LogP contribution in [0.2, 0.25) is 5.02 Å². The number of hydrogen-bond acceptors (Lipinski definition) is 1. The van der Waals surface area contributed by atoms with E-state index in [1.165, 1.54) is 11.1 Å². The molecule has 0 aliphatic heterocycles. The summed E-state index contributed by atoms with van der Waals surface area (Å²) in [6.07, 6.45) is 3.29. The molecule has 1 nitrogen and oxygen atoms in total. The number of aryl methyl sites for hydroxylation is 2. The average molecular weight is 299 g/mol. The van der Waals surface area contributed by atoms with Crippen molar-refractivity contribution < 1.29 is 4.79 Å². The Bertz CT molecular complexity index is 675. The number of ketones is 1. The van der Waals surface area contributed by atoms with Crippen molar-refractivity contribution >= 4 is 17.4 Å². The van der Waals surface area contributed by atoms with Crippen LogP contribution in [0, 0.1) is 12.8 Å². The first kappa shape index (κ1) is 14.3. The second kappa shape index (κ2) is 6.03. The molecule has 0 spiro atoms. The minimum atomic E-state index is 0.136. The van der Waals surface area contributed by atoms with Crippen molar-refractivity contribution in [2.45, 2.75) is 32.6 Å². The SMILES string of the molecule is Cc1ccc(CC(=O)C2CCc3ccccc3C2)c(Cl)c1. The molecule has 0 saturated carbocycles. The van der Waals surface area contributed by atoms with Gasteiger partial charge < -0.3 is 0 Å². The fraction of sp³-hybridized carbons (Fsp3) is 0.316. The van der Waals surface area contributed by atoms with Gasteiger partial charge in [0.15, 0.2) is 0 Å². The molecular formula is C19H19ClO. The molecule has 2 heteroatoms. The molecule has 1 aliphatic rings. The van der Waals surface area contributed by atoms with Gasteiger partial charge in [-0.15, -0.1) is 0 Å². The van der Waals surface area contributed by atoms with Crippen molar-refractivity contribution in [2.24, 2.45) is 5.92 Å². The van der Waals surface area contributed by atoms with Crippen LogP contribution in [-0.4, -0.2) is 5.78 Å². The zero-order chi connectivity index (χ0) is 14.8. The molecule has 0 radical (unpaired) electrons. The van der Waals surface area contributed by atoms with Crippen molar-refractivity contribution in [3.05, 3.63) is 69.7 Å². The van der Waals surface area contributed by atoms with Gasteiger partial charge >= 0.3 is 0 Å². The van der Waals surface area contributed by atoms with Crippen LogP contribution in [0.3, 0.4) is 0 Å². The summed E-state index contributed by atoms with van der Waals surface area (Å²) < 4.78 is 0. The third kappa shape index (κ3) is 3.19. The van der Waals surface area contributed by atoms with Crippen molar-refractivity contribution in [2.75, 3.05) is 0 Å². The standard InChI is InChI=1S/C19H19ClO/c1-13-6-7-16(18(20)10-13)12-19(21)17-9-8-14-4-2-3-5-15(14)11-17/h2-7,10,17H,8-9,11-12H2,1H3. The molecular weight excluding hydrogens is 280 g/mol. The zero-order valence-corrected chi connectivity index (χ0v) is 13.0. The molecule has 0 fully saturated rings. The molecule has 1 atom stereocenters. The number of halogens is 1. The highest BCUT2D eigenvalue weighted by atomic mass is 35.5. The van der Waals surface area contributed by atoms with Crippen LogP contribution in [0.5, 0.6) is 0 Å². The zero-order valence-electron chi connectivity index (χ0n) is 12.2. The Kier molecular flexibility index (Phi) is 4.12. The van der Waals surface area contributed by atoms with Gasteiger partial charge in [0.05, 0.1) is 0 Å². The van der Waals surface area contributed by atoms with Gasteiger partial charge in [-0.1, -0.05) is 48.0 Å². The molecule has 0 aromatic heterocycles. The summed E-state index contributed by atoms with van der Waals surface area (Å²) in [6.45, 7) is 2.01. The first-order valence-corrected chi connectivity index (χ1v) is 7.86. The number of hydrogen-bond donors (Lipinski definition) is 0. The molecule has 0 saturated heterocycles. The molecule has 2 aromatic rings. The van der Waals surface area contributed by atoms with E-state index >= 15 is 0 Å². The third-order valence-electron chi connectivity index (χ3n) is 4.38. The smallest absolute Gasteiger partial charge is 0.140 e. The summed E-state index contributed by atoms with van der Waals surface area (Å²) in [4.78, 5) is 12.6. The largest absolute Gasteiger partial charge is 0.299 e. The summed E-state index contributed by atoms with van der Waals surface area (Å²) in [5, 5.41) is 0.708. The number of benzene rings is 2. The third-order valence-corrected chi connectivity index (χ3v) is 4.73. The Morgan fingerprint density at radius 2 is 1.95 bits per heavy atom. The minimum Gasteiger partial charge on any atom is -0.299 e. The number of rotatable bonds is 3. The van der Waals surface area contributed by atoms with E-state index in [1.807, 2.05) is 25.1 Å². The average Bonchev–Trinajstić information content (AvgIpc) is 2.49. The van der Waals surface area contributed by atoms with Gasteiger partial charge in [0, 0.05) is 17.4 Å². The second-order valence-corrected chi connectivity index (χ2v) is 6.35. The van der Waals surface area contributed by atoms with Crippen molar-refractivity contribution in [1.82, 2.24) is 0 Å². The molecule has 0 N–H and O–H groups in total. The van der Waals surface area contributed by atoms with Crippen LogP contribution in [-0.2, 0) is 24.1 Å². The Morgan fingerprint density at radius 1 is 1.19 bits per heavy atom. The molecule has 1 aliphatic carbocycles. The van der Waals surface area contributed by atoms with E-state index in [4.69, 9.17) is 11.6 Å². The summed E-state index contributed by atoms with van der Waals surface area (Å²) in [5.41, 5.74) is 4.81. The maximum absolute atomic E-state index is 12.6. The Morgan fingerprint density at radius 3 is 2.71 bits per heavy atom. The van der Waals surface area contributed by atoms with Crippen LogP contribution >= 0.6 is 11.6 Å². The lowest BCUT2D eigenvalue weighted by atomic mass is 9.80. The minimum absolute atomic E-state index is 0.136. The van der Waals surface area contributed by atoms with Crippen LogP contribution in [0.15, 0.2) is 42.5 Å². The Hall–Kier alpha value is -1.60. The van der Waals surface area contributed by atoms with E-state index in [0.29, 0.717) is 17.2 Å². The quantitative estimate of drug-likeness (QED) is 0.811. The Labute approximate surface area is 131 Å². The van der Waals surface area contributed by atoms with E-state index < -0.39 is 0 Å². The lowest BCUT2D eigenvalue weighted by molar-refractivity contribution is -0.122. The van der Waals surface area contributed by atoms with Gasteiger partial charge in [0.2, 0.25) is 0 Å². The van der Waals surface area contributed by atoms with Gasteiger partial charge in [0.1, 0.15) is 5.78 Å². The lowest BCUT2D eigenvalue weighted by Gasteiger charge is -2.23. The fourth-order valence-electron chi connectivity index (χ4n) is 3.10. The topological polar surface area (TPSA) is 17.1 Å². The highest BCUT2D eigenvalue weighted by molar-refractivity contribution is 6.31. The predicted octanol–water partition coefficient (Wildman–Crippen LogP) is 4.57. The summed E-state index contributed by atoms with van der Waals surface area (Å²) in [6, 6.07) is 14.4. The van der Waals surface area contributed by atoms with Gasteiger partial charge in [-0.05, 0) is 54.5 Å². The maximum atomic E-state index is 12.6. The first-order chi connectivity index (χ1) is 10.1. The maximum Gasteiger partial charge on any atom is 0.140 e. The van der Waals surface area contributed by atoms with Crippen LogP contribution in [0.25, 0.3) is 0 Å². The fourth-order valence-corrected chi connectivity index (χ4v) is 3.40. The van der Waals surface area contributed by atoms with Gasteiger partial charge in [-0.25, -0.2) is 0 Å². The molecule has 0 amide bonds. The molecule has 3 rings (SSSR count). The second-order valence-electron chi connectivity index (χ2n) is 5.95. The highest BCUT2D eigenvalue weighted by Gasteiger charge is 2.24. The Balaban J connectivity index is 1.72. The molecule has 2 aromatic carbocycles. The normalized spacial score (nSPS) is 17.3. The summed E-state index contributed by atoms with van der Waals surface area (Å²) in [5.74, 6) is 0.451. The van der Waals surface area contributed by atoms with Crippen LogP contribution in [0.1, 0.15) is 28.7 Å². The van der Waals surface area contributed by atoms with E-state index in [1.54, 1.807) is 0 Å². The number of fused-ring (bicyclic) bond motifs is 1. The van der Waals surface area contributed by atoms with Crippen LogP contribution in [0.4, 0.5) is 0 Å². The van der Waals surface area contributed by atoms with E-state index in [9.17, 15) is 4.79 Å². The monoisotopic (exact) mass is 298 g/mol. The molecule has 0 heterocycles. The lowest BCUT2D eigenvalue weighted by Crippen LogP contribution is -2.24. The van der Waals surface area contributed by atoms with Crippen molar-refractivity contribution in [3.63, 3.8) is 0 Å².